The monoisotopic (exact) mass is 476 g/mol. The maximum absolute atomic E-state index is 14.1. The Balaban J connectivity index is 2.03. The minimum atomic E-state index is -0.950. The van der Waals surface area contributed by atoms with E-state index < -0.39 is 29.1 Å². The molecule has 0 aliphatic heterocycles. The minimum absolute atomic E-state index is 0.00978. The fraction of sp³-hybridized carbons (Fsp3) is 0.238. The van der Waals surface area contributed by atoms with Crippen molar-refractivity contribution in [3.05, 3.63) is 80.2 Å². The molecule has 0 bridgehead atoms. The first-order chi connectivity index (χ1) is 15.5. The second-order valence-corrected chi connectivity index (χ2v) is 7.60. The Hall–Kier alpha value is -3.31. The number of halogens is 3. The summed E-state index contributed by atoms with van der Waals surface area (Å²) in [6.45, 7) is 3.38. The Bertz CT molecular complexity index is 1290. The van der Waals surface area contributed by atoms with Crippen LogP contribution in [0.25, 0.3) is 5.69 Å². The lowest BCUT2D eigenvalue weighted by molar-refractivity contribution is -0.0760. The first-order valence-electron chi connectivity index (χ1n) is 9.74. The van der Waals surface area contributed by atoms with Crippen molar-refractivity contribution in [3.8, 4) is 11.4 Å². The summed E-state index contributed by atoms with van der Waals surface area (Å²) in [7, 11) is 4.27. The Morgan fingerprint density at radius 3 is 2.55 bits per heavy atom. The van der Waals surface area contributed by atoms with E-state index >= 15 is 0 Å². The summed E-state index contributed by atoms with van der Waals surface area (Å²) in [6.07, 6.45) is 2.33. The molecule has 12 heteroatoms. The third-order valence-corrected chi connectivity index (χ3v) is 5.27. The zero-order valence-corrected chi connectivity index (χ0v) is 19.3. The topological polar surface area (TPSA) is 86.5 Å². The predicted octanol–water partition coefficient (Wildman–Crippen LogP) is 2.52. The zero-order valence-electron chi connectivity index (χ0n) is 18.5. The van der Waals surface area contributed by atoms with E-state index in [9.17, 15) is 18.4 Å². The fourth-order valence-electron chi connectivity index (χ4n) is 3.15. The van der Waals surface area contributed by atoms with Crippen molar-refractivity contribution in [1.29, 1.82) is 0 Å². The van der Waals surface area contributed by atoms with E-state index in [0.29, 0.717) is 23.0 Å². The van der Waals surface area contributed by atoms with Gasteiger partial charge in [-0.1, -0.05) is 11.6 Å². The van der Waals surface area contributed by atoms with Crippen LogP contribution in [0.4, 0.5) is 8.78 Å². The van der Waals surface area contributed by atoms with Crippen molar-refractivity contribution in [2.75, 3.05) is 14.2 Å². The number of carbonyl (C=O) groups excluding carboxylic acids is 1. The Morgan fingerprint density at radius 1 is 1.21 bits per heavy atom. The number of aryl methyl sites for hydroxylation is 2. The second-order valence-electron chi connectivity index (χ2n) is 7.23. The van der Waals surface area contributed by atoms with Gasteiger partial charge in [-0.3, -0.25) is 29.0 Å². The molecule has 0 aromatic carbocycles. The van der Waals surface area contributed by atoms with Gasteiger partial charge in [-0.2, -0.15) is 0 Å². The number of ether oxygens (including phenoxy) is 1. The molecular formula is C21H20BClF2N4O4. The number of hydrogen-bond donors (Lipinski definition) is 0. The highest BCUT2D eigenvalue weighted by Crippen LogP contribution is 2.28. The molecule has 0 radical (unpaired) electrons. The third-order valence-electron chi connectivity index (χ3n) is 4.92. The van der Waals surface area contributed by atoms with Gasteiger partial charge in [0, 0.05) is 31.1 Å². The number of hydrogen-bond acceptors (Lipinski definition) is 6. The van der Waals surface area contributed by atoms with Crippen molar-refractivity contribution in [1.82, 2.24) is 19.6 Å². The van der Waals surface area contributed by atoms with Gasteiger partial charge >= 0.3 is 0 Å². The molecule has 0 fully saturated rings. The molecule has 1 amide bonds. The summed E-state index contributed by atoms with van der Waals surface area (Å²) in [6, 6.07) is 2.71. The van der Waals surface area contributed by atoms with E-state index in [0.717, 1.165) is 11.3 Å². The molecular weight excluding hydrogens is 457 g/mol. The van der Waals surface area contributed by atoms with Gasteiger partial charge in [0.15, 0.2) is 13.7 Å². The average Bonchev–Trinajstić information content (AvgIpc) is 2.77. The van der Waals surface area contributed by atoms with E-state index in [1.54, 1.807) is 13.8 Å². The van der Waals surface area contributed by atoms with Gasteiger partial charge in [-0.15, -0.1) is 0 Å². The molecule has 172 valence electrons. The van der Waals surface area contributed by atoms with E-state index in [4.69, 9.17) is 21.2 Å². The van der Waals surface area contributed by atoms with Crippen LogP contribution in [0.1, 0.15) is 33.4 Å². The molecule has 3 aromatic rings. The zero-order chi connectivity index (χ0) is 24.4. The molecule has 0 saturated carbocycles. The molecule has 3 aromatic heterocycles. The molecule has 0 aliphatic rings. The highest BCUT2D eigenvalue weighted by atomic mass is 35.5. The number of nitrogens with zero attached hydrogens (tertiary/aromatic N) is 4. The van der Waals surface area contributed by atoms with Gasteiger partial charge in [-0.25, -0.2) is 13.8 Å². The largest absolute Gasteiger partial charge is 0.492 e. The van der Waals surface area contributed by atoms with Crippen LogP contribution in [-0.4, -0.2) is 47.5 Å². The van der Waals surface area contributed by atoms with Crippen LogP contribution in [-0.2, 0) is 4.84 Å². The Morgan fingerprint density at radius 2 is 1.91 bits per heavy atom. The van der Waals surface area contributed by atoms with Gasteiger partial charge in [0.05, 0.1) is 19.0 Å². The van der Waals surface area contributed by atoms with E-state index in [1.165, 1.54) is 44.9 Å². The van der Waals surface area contributed by atoms with Crippen LogP contribution in [0.15, 0.2) is 35.4 Å². The number of pyridine rings is 3. The van der Waals surface area contributed by atoms with Gasteiger partial charge in [0.2, 0.25) is 0 Å². The highest BCUT2D eigenvalue weighted by molar-refractivity contribution is 6.32. The summed E-state index contributed by atoms with van der Waals surface area (Å²) in [5.74, 6) is -2.19. The molecule has 1 atom stereocenters. The number of hydroxylamine groups is 2. The molecule has 0 spiro atoms. The maximum Gasteiger partial charge on any atom is 0.295 e. The third kappa shape index (κ3) is 4.89. The molecule has 0 aliphatic carbocycles. The number of carbonyl (C=O) groups is 1. The summed E-state index contributed by atoms with van der Waals surface area (Å²) >= 11 is 6.30. The molecule has 3 rings (SSSR count). The summed E-state index contributed by atoms with van der Waals surface area (Å²) < 4.78 is 34.2. The smallest absolute Gasteiger partial charge is 0.295 e. The first kappa shape index (κ1) is 24.3. The quantitative estimate of drug-likeness (QED) is 0.401. The van der Waals surface area contributed by atoms with Crippen molar-refractivity contribution >= 4 is 25.4 Å². The second kappa shape index (κ2) is 9.68. The Labute approximate surface area is 194 Å². The average molecular weight is 477 g/mol. The maximum atomic E-state index is 14.1. The molecule has 0 saturated heterocycles. The van der Waals surface area contributed by atoms with E-state index in [2.05, 4.69) is 9.97 Å². The lowest BCUT2D eigenvalue weighted by atomic mass is 9.95. The van der Waals surface area contributed by atoms with Crippen LogP contribution in [0.5, 0.6) is 5.75 Å². The van der Waals surface area contributed by atoms with Crippen LogP contribution in [0.3, 0.4) is 0 Å². The first-order valence-corrected chi connectivity index (χ1v) is 10.1. The molecule has 0 N–H and O–H groups in total. The van der Waals surface area contributed by atoms with E-state index in [1.807, 2.05) is 0 Å². The summed E-state index contributed by atoms with van der Waals surface area (Å²) in [5, 5.41) is 0.749. The fourth-order valence-corrected chi connectivity index (χ4v) is 3.34. The predicted molar refractivity (Wildman–Crippen MR) is 119 cm³/mol. The minimum Gasteiger partial charge on any atom is -0.492 e. The normalized spacial score (nSPS) is 11.8. The van der Waals surface area contributed by atoms with Crippen LogP contribution >= 0.6 is 11.6 Å². The van der Waals surface area contributed by atoms with Gasteiger partial charge < -0.3 is 4.74 Å². The van der Waals surface area contributed by atoms with Crippen LogP contribution in [0, 0.1) is 25.5 Å². The SMILES string of the molecule is BC(Oc1cc(C)n(-c2cc(C(=O)N(C)OC)ncc2C)c(=O)c1Cl)c1ncc(F)cc1F. The highest BCUT2D eigenvalue weighted by Gasteiger charge is 2.22. The lowest BCUT2D eigenvalue weighted by Crippen LogP contribution is -2.27. The lowest BCUT2D eigenvalue weighted by Gasteiger charge is -2.20. The number of rotatable bonds is 6. The van der Waals surface area contributed by atoms with Crippen LogP contribution < -0.4 is 10.3 Å². The number of aromatic nitrogens is 3. The summed E-state index contributed by atoms with van der Waals surface area (Å²) in [5.41, 5.74) is 0.769. The van der Waals surface area contributed by atoms with Gasteiger partial charge in [0.25, 0.3) is 11.5 Å². The molecule has 3 heterocycles. The standard InChI is InChI=1S/C21H20BClF2N4O4/c1-10-8-26-14(20(30)28(3)32-4)7-15(10)29-11(2)5-16(17(23)21(29)31)33-19(22)18-13(25)6-12(24)9-27-18/h5-9,19H,22H2,1-4H3. The molecule has 8 nitrogen and oxygen atoms in total. The van der Waals surface area contributed by atoms with Crippen molar-refractivity contribution in [2.24, 2.45) is 0 Å². The van der Waals surface area contributed by atoms with Crippen molar-refractivity contribution in [3.63, 3.8) is 0 Å². The van der Waals surface area contributed by atoms with Crippen LogP contribution in [0.2, 0.25) is 5.02 Å². The van der Waals surface area contributed by atoms with E-state index in [-0.39, 0.29) is 22.2 Å². The molecule has 33 heavy (non-hydrogen) atoms. The summed E-state index contributed by atoms with van der Waals surface area (Å²) in [4.78, 5) is 38.3. The van der Waals surface area contributed by atoms with Gasteiger partial charge in [0.1, 0.15) is 34.0 Å². The van der Waals surface area contributed by atoms with Gasteiger partial charge in [-0.05, 0) is 25.5 Å². The Kier molecular flexibility index (Phi) is 7.14. The van der Waals surface area contributed by atoms with Crippen molar-refractivity contribution in [2.45, 2.75) is 19.9 Å². The molecule has 1 unspecified atom stereocenters. The number of amides is 1. The van der Waals surface area contributed by atoms with Crippen molar-refractivity contribution < 1.29 is 23.1 Å².